The molecule has 0 bridgehead atoms. The standard InChI is InChI=1S/C17H19BrN2O3/c1-3-16(13-5-7-14(23-2)8-6-13)19-11-12-4-9-15(18)17(10-12)20(21)22/h4-10,16,19H,3,11H2,1-2H3. The first kappa shape index (κ1) is 17.4. The molecule has 1 N–H and O–H groups in total. The molecule has 2 aromatic rings. The minimum absolute atomic E-state index is 0.0850. The largest absolute Gasteiger partial charge is 0.497 e. The van der Waals surface area contributed by atoms with Crippen LogP contribution in [0.25, 0.3) is 0 Å². The molecule has 0 aliphatic heterocycles. The Morgan fingerprint density at radius 1 is 1.26 bits per heavy atom. The van der Waals surface area contributed by atoms with Gasteiger partial charge in [0.15, 0.2) is 0 Å². The highest BCUT2D eigenvalue weighted by atomic mass is 79.9. The van der Waals surface area contributed by atoms with Gasteiger partial charge in [-0.2, -0.15) is 0 Å². The fraction of sp³-hybridized carbons (Fsp3) is 0.294. The van der Waals surface area contributed by atoms with Gasteiger partial charge in [-0.3, -0.25) is 10.1 Å². The molecule has 6 heteroatoms. The Balaban J connectivity index is 2.08. The zero-order valence-electron chi connectivity index (χ0n) is 13.1. The summed E-state index contributed by atoms with van der Waals surface area (Å²) in [5, 5.41) is 14.4. The lowest BCUT2D eigenvalue weighted by Crippen LogP contribution is -2.20. The number of methoxy groups -OCH3 is 1. The van der Waals surface area contributed by atoms with Crippen molar-refractivity contribution in [3.05, 3.63) is 68.2 Å². The average Bonchev–Trinajstić information content (AvgIpc) is 2.57. The van der Waals surface area contributed by atoms with E-state index in [0.29, 0.717) is 11.0 Å². The van der Waals surface area contributed by atoms with Crippen molar-refractivity contribution in [3.63, 3.8) is 0 Å². The van der Waals surface area contributed by atoms with E-state index in [4.69, 9.17) is 4.74 Å². The number of ether oxygens (including phenoxy) is 1. The SMILES string of the molecule is CCC(NCc1ccc(Br)c([N+](=O)[O-])c1)c1ccc(OC)cc1. The summed E-state index contributed by atoms with van der Waals surface area (Å²) in [5.74, 6) is 0.826. The molecule has 1 atom stereocenters. The Kier molecular flexibility index (Phi) is 6.12. The Morgan fingerprint density at radius 3 is 2.52 bits per heavy atom. The van der Waals surface area contributed by atoms with Gasteiger partial charge in [-0.25, -0.2) is 0 Å². The number of halogens is 1. The van der Waals surface area contributed by atoms with Crippen LogP contribution in [0.2, 0.25) is 0 Å². The monoisotopic (exact) mass is 378 g/mol. The van der Waals surface area contributed by atoms with Crippen molar-refractivity contribution >= 4 is 21.6 Å². The third-order valence-electron chi connectivity index (χ3n) is 3.69. The van der Waals surface area contributed by atoms with Crippen LogP contribution in [0.4, 0.5) is 5.69 Å². The maximum absolute atomic E-state index is 11.0. The number of nitro benzene ring substituents is 1. The topological polar surface area (TPSA) is 64.4 Å². The number of hydrogen-bond acceptors (Lipinski definition) is 4. The van der Waals surface area contributed by atoms with Crippen molar-refractivity contribution in [2.75, 3.05) is 7.11 Å². The van der Waals surface area contributed by atoms with E-state index in [0.717, 1.165) is 17.7 Å². The highest BCUT2D eigenvalue weighted by molar-refractivity contribution is 9.10. The molecule has 0 heterocycles. The number of nitrogens with zero attached hydrogens (tertiary/aromatic N) is 1. The molecule has 23 heavy (non-hydrogen) atoms. The van der Waals surface area contributed by atoms with E-state index >= 15 is 0 Å². The van der Waals surface area contributed by atoms with E-state index in [-0.39, 0.29) is 16.7 Å². The van der Waals surface area contributed by atoms with E-state index in [9.17, 15) is 10.1 Å². The first-order chi connectivity index (χ1) is 11.0. The van der Waals surface area contributed by atoms with Crippen LogP contribution >= 0.6 is 15.9 Å². The first-order valence-corrected chi connectivity index (χ1v) is 8.14. The van der Waals surface area contributed by atoms with Crippen LogP contribution in [0.3, 0.4) is 0 Å². The van der Waals surface area contributed by atoms with Crippen molar-refractivity contribution < 1.29 is 9.66 Å². The molecule has 0 spiro atoms. The maximum Gasteiger partial charge on any atom is 0.283 e. The van der Waals surface area contributed by atoms with Gasteiger partial charge in [0.2, 0.25) is 0 Å². The van der Waals surface area contributed by atoms with Crippen molar-refractivity contribution in [2.45, 2.75) is 25.9 Å². The minimum Gasteiger partial charge on any atom is -0.497 e. The molecule has 0 aliphatic carbocycles. The Bertz CT molecular complexity index is 674. The van der Waals surface area contributed by atoms with Gasteiger partial charge < -0.3 is 10.1 Å². The van der Waals surface area contributed by atoms with Gasteiger partial charge in [-0.1, -0.05) is 25.1 Å². The number of rotatable bonds is 7. The molecular formula is C17H19BrN2O3. The molecule has 0 saturated carbocycles. The van der Waals surface area contributed by atoms with E-state index in [1.54, 1.807) is 19.2 Å². The molecule has 0 amide bonds. The summed E-state index contributed by atoms with van der Waals surface area (Å²) in [4.78, 5) is 10.6. The molecule has 0 fully saturated rings. The van der Waals surface area contributed by atoms with Crippen LogP contribution < -0.4 is 10.1 Å². The predicted octanol–water partition coefficient (Wildman–Crippen LogP) is 4.61. The van der Waals surface area contributed by atoms with Crippen LogP contribution in [0.1, 0.15) is 30.5 Å². The van der Waals surface area contributed by atoms with Crippen molar-refractivity contribution in [1.29, 1.82) is 0 Å². The lowest BCUT2D eigenvalue weighted by Gasteiger charge is -2.18. The average molecular weight is 379 g/mol. The molecule has 5 nitrogen and oxygen atoms in total. The van der Waals surface area contributed by atoms with Gasteiger partial charge in [-0.05, 0) is 51.7 Å². The summed E-state index contributed by atoms with van der Waals surface area (Å²) in [7, 11) is 1.64. The van der Waals surface area contributed by atoms with Crippen LogP contribution in [-0.2, 0) is 6.54 Å². The molecule has 122 valence electrons. The third-order valence-corrected chi connectivity index (χ3v) is 4.36. The Hall–Kier alpha value is -1.92. The van der Waals surface area contributed by atoms with Gasteiger partial charge in [0, 0.05) is 18.7 Å². The Morgan fingerprint density at radius 2 is 1.96 bits per heavy atom. The number of benzene rings is 2. The number of hydrogen-bond donors (Lipinski definition) is 1. The van der Waals surface area contributed by atoms with Gasteiger partial charge in [0.25, 0.3) is 5.69 Å². The van der Waals surface area contributed by atoms with Crippen LogP contribution in [-0.4, -0.2) is 12.0 Å². The third kappa shape index (κ3) is 4.53. The highest BCUT2D eigenvalue weighted by Gasteiger charge is 2.14. The summed E-state index contributed by atoms with van der Waals surface area (Å²) in [6.45, 7) is 2.67. The normalized spacial score (nSPS) is 12.0. The number of nitrogens with one attached hydrogen (secondary N) is 1. The van der Waals surface area contributed by atoms with Crippen LogP contribution in [0, 0.1) is 10.1 Å². The predicted molar refractivity (Wildman–Crippen MR) is 93.7 cm³/mol. The van der Waals surface area contributed by atoms with Gasteiger partial charge in [0.05, 0.1) is 16.5 Å². The summed E-state index contributed by atoms with van der Waals surface area (Å²) >= 11 is 3.20. The van der Waals surface area contributed by atoms with Gasteiger partial charge in [-0.15, -0.1) is 0 Å². The second-order valence-electron chi connectivity index (χ2n) is 5.16. The van der Waals surface area contributed by atoms with Crippen molar-refractivity contribution in [1.82, 2.24) is 5.32 Å². The summed E-state index contributed by atoms with van der Waals surface area (Å²) < 4.78 is 5.66. The molecular weight excluding hydrogens is 360 g/mol. The second kappa shape index (κ2) is 8.08. The molecule has 0 aliphatic rings. The van der Waals surface area contributed by atoms with Gasteiger partial charge >= 0.3 is 0 Å². The second-order valence-corrected chi connectivity index (χ2v) is 6.01. The van der Waals surface area contributed by atoms with E-state index in [1.807, 2.05) is 30.3 Å². The Labute approximate surface area is 143 Å². The summed E-state index contributed by atoms with van der Waals surface area (Å²) in [6.07, 6.45) is 0.922. The fourth-order valence-electron chi connectivity index (χ4n) is 2.38. The van der Waals surface area contributed by atoms with Crippen molar-refractivity contribution in [3.8, 4) is 5.75 Å². The van der Waals surface area contributed by atoms with Crippen LogP contribution in [0.5, 0.6) is 5.75 Å². The number of nitro groups is 1. The summed E-state index contributed by atoms with van der Waals surface area (Å²) in [6, 6.07) is 13.3. The van der Waals surface area contributed by atoms with E-state index < -0.39 is 0 Å². The van der Waals surface area contributed by atoms with E-state index in [1.165, 1.54) is 5.56 Å². The fourth-order valence-corrected chi connectivity index (χ4v) is 2.77. The zero-order valence-corrected chi connectivity index (χ0v) is 14.7. The maximum atomic E-state index is 11.0. The zero-order chi connectivity index (χ0) is 16.8. The molecule has 1 unspecified atom stereocenters. The lowest BCUT2D eigenvalue weighted by atomic mass is 10.0. The minimum atomic E-state index is -0.381. The molecule has 2 aromatic carbocycles. The molecule has 0 radical (unpaired) electrons. The molecule has 0 saturated heterocycles. The quantitative estimate of drug-likeness (QED) is 0.564. The highest BCUT2D eigenvalue weighted by Crippen LogP contribution is 2.26. The smallest absolute Gasteiger partial charge is 0.283 e. The first-order valence-electron chi connectivity index (χ1n) is 7.35. The van der Waals surface area contributed by atoms with Crippen molar-refractivity contribution in [2.24, 2.45) is 0 Å². The van der Waals surface area contributed by atoms with Gasteiger partial charge in [0.1, 0.15) is 5.75 Å². The lowest BCUT2D eigenvalue weighted by molar-refractivity contribution is -0.385. The molecule has 0 aromatic heterocycles. The van der Waals surface area contributed by atoms with Crippen LogP contribution in [0.15, 0.2) is 46.9 Å². The van der Waals surface area contributed by atoms with E-state index in [2.05, 4.69) is 28.2 Å². The molecule has 2 rings (SSSR count). The summed E-state index contributed by atoms with van der Waals surface area (Å²) in [5.41, 5.74) is 2.13.